The zero-order chi connectivity index (χ0) is 15.5. The highest BCUT2D eigenvalue weighted by Crippen LogP contribution is 2.33. The third kappa shape index (κ3) is 2.51. The molecule has 0 radical (unpaired) electrons. The van der Waals surface area contributed by atoms with Crippen LogP contribution < -0.4 is 4.72 Å². The minimum Gasteiger partial charge on any atom is -0.354 e. The van der Waals surface area contributed by atoms with Gasteiger partial charge in [-0.3, -0.25) is 14.5 Å². The van der Waals surface area contributed by atoms with Crippen LogP contribution in [0, 0.1) is 6.92 Å². The number of hydrogen-bond acceptors (Lipinski definition) is 3. The Morgan fingerprint density at radius 2 is 1.68 bits per heavy atom. The fraction of sp³-hybridized carbons (Fsp3) is 0.0588. The molecular formula is C17H15N3OS. The van der Waals surface area contributed by atoms with Gasteiger partial charge >= 0.3 is 0 Å². The number of nitrogens with zero attached hydrogens (tertiary/aromatic N) is 1. The van der Waals surface area contributed by atoms with E-state index in [1.165, 1.54) is 0 Å². The van der Waals surface area contributed by atoms with Gasteiger partial charge in [-0.05, 0) is 30.2 Å². The Bertz CT molecular complexity index is 798. The SMILES string of the molecule is Cc1c(-c2ccncc2)[nH]c(-c2ccccc2)c1C(=O)NS. The summed E-state index contributed by atoms with van der Waals surface area (Å²) in [5.74, 6) is -0.226. The lowest BCUT2D eigenvalue weighted by Crippen LogP contribution is -2.14. The Kier molecular flexibility index (Phi) is 3.98. The van der Waals surface area contributed by atoms with E-state index in [2.05, 4.69) is 27.5 Å². The lowest BCUT2D eigenvalue weighted by molar-refractivity contribution is 0.0985. The quantitative estimate of drug-likeness (QED) is 0.647. The van der Waals surface area contributed by atoms with E-state index in [4.69, 9.17) is 0 Å². The summed E-state index contributed by atoms with van der Waals surface area (Å²) in [5.41, 5.74) is 5.13. The molecule has 2 aromatic heterocycles. The van der Waals surface area contributed by atoms with E-state index in [0.717, 1.165) is 28.1 Å². The van der Waals surface area contributed by atoms with Crippen molar-refractivity contribution in [3.63, 3.8) is 0 Å². The summed E-state index contributed by atoms with van der Waals surface area (Å²) < 4.78 is 2.42. The van der Waals surface area contributed by atoms with Crippen LogP contribution in [0.5, 0.6) is 0 Å². The van der Waals surface area contributed by atoms with Crippen molar-refractivity contribution in [3.05, 3.63) is 66.0 Å². The monoisotopic (exact) mass is 309 g/mol. The van der Waals surface area contributed by atoms with Gasteiger partial charge in [-0.25, -0.2) is 0 Å². The van der Waals surface area contributed by atoms with E-state index < -0.39 is 0 Å². The smallest absolute Gasteiger partial charge is 0.263 e. The number of H-pyrrole nitrogens is 1. The summed E-state index contributed by atoms with van der Waals surface area (Å²) in [4.78, 5) is 19.7. The molecule has 0 saturated carbocycles. The number of aromatic nitrogens is 2. The van der Waals surface area contributed by atoms with Gasteiger partial charge in [-0.15, -0.1) is 0 Å². The van der Waals surface area contributed by atoms with Crippen LogP contribution in [0.4, 0.5) is 0 Å². The minimum atomic E-state index is -0.226. The Morgan fingerprint density at radius 1 is 1.05 bits per heavy atom. The lowest BCUT2D eigenvalue weighted by Gasteiger charge is -2.03. The number of carbonyl (C=O) groups excluding carboxylic acids is 1. The van der Waals surface area contributed by atoms with Crippen molar-refractivity contribution in [1.29, 1.82) is 0 Å². The molecule has 2 N–H and O–H groups in total. The summed E-state index contributed by atoms with van der Waals surface area (Å²) in [6, 6.07) is 13.6. The first-order valence-electron chi connectivity index (χ1n) is 6.85. The topological polar surface area (TPSA) is 57.8 Å². The van der Waals surface area contributed by atoms with Gasteiger partial charge in [0, 0.05) is 23.7 Å². The minimum absolute atomic E-state index is 0.226. The molecule has 0 aliphatic heterocycles. The van der Waals surface area contributed by atoms with Crippen molar-refractivity contribution in [2.75, 3.05) is 0 Å². The third-order valence-corrected chi connectivity index (χ3v) is 3.81. The number of aromatic amines is 1. The molecule has 4 nitrogen and oxygen atoms in total. The second-order valence-electron chi connectivity index (χ2n) is 4.92. The number of hydrogen-bond donors (Lipinski definition) is 3. The number of carbonyl (C=O) groups is 1. The summed E-state index contributed by atoms with van der Waals surface area (Å²) in [7, 11) is 0. The van der Waals surface area contributed by atoms with Crippen LogP contribution in [-0.4, -0.2) is 15.9 Å². The van der Waals surface area contributed by atoms with Crippen LogP contribution in [0.25, 0.3) is 22.5 Å². The molecule has 0 aliphatic rings. The van der Waals surface area contributed by atoms with E-state index in [1.54, 1.807) is 12.4 Å². The Balaban J connectivity index is 2.23. The van der Waals surface area contributed by atoms with Crippen molar-refractivity contribution < 1.29 is 4.79 Å². The Labute approximate surface area is 134 Å². The van der Waals surface area contributed by atoms with Crippen LogP contribution in [-0.2, 0) is 0 Å². The Morgan fingerprint density at radius 3 is 2.32 bits per heavy atom. The second kappa shape index (κ2) is 6.07. The summed E-state index contributed by atoms with van der Waals surface area (Å²) in [5, 5.41) is 0. The summed E-state index contributed by atoms with van der Waals surface area (Å²) >= 11 is 3.91. The second-order valence-corrected chi connectivity index (χ2v) is 5.14. The molecule has 0 saturated heterocycles. The zero-order valence-corrected chi connectivity index (χ0v) is 12.9. The first kappa shape index (κ1) is 14.4. The van der Waals surface area contributed by atoms with Crippen molar-refractivity contribution >= 4 is 18.7 Å². The molecule has 22 heavy (non-hydrogen) atoms. The maximum absolute atomic E-state index is 12.3. The van der Waals surface area contributed by atoms with Crippen molar-refractivity contribution in [1.82, 2.24) is 14.7 Å². The molecule has 2 heterocycles. The molecule has 0 unspecified atom stereocenters. The maximum atomic E-state index is 12.3. The molecule has 0 aliphatic carbocycles. The highest BCUT2D eigenvalue weighted by atomic mass is 32.1. The average Bonchev–Trinajstić information content (AvgIpc) is 2.93. The van der Waals surface area contributed by atoms with Gasteiger partial charge in [0.2, 0.25) is 0 Å². The van der Waals surface area contributed by atoms with Crippen LogP contribution in [0.2, 0.25) is 0 Å². The highest BCUT2D eigenvalue weighted by Gasteiger charge is 2.21. The number of pyridine rings is 1. The number of benzene rings is 1. The first-order chi connectivity index (χ1) is 10.7. The van der Waals surface area contributed by atoms with Crippen molar-refractivity contribution in [3.8, 4) is 22.5 Å². The van der Waals surface area contributed by atoms with E-state index >= 15 is 0 Å². The Hall–Kier alpha value is -2.53. The normalized spacial score (nSPS) is 10.5. The summed E-state index contributed by atoms with van der Waals surface area (Å²) in [6.45, 7) is 1.93. The first-order valence-corrected chi connectivity index (χ1v) is 7.30. The molecule has 0 spiro atoms. The van der Waals surface area contributed by atoms with E-state index in [-0.39, 0.29) is 5.91 Å². The molecule has 1 amide bonds. The third-order valence-electron chi connectivity index (χ3n) is 3.61. The number of rotatable bonds is 3. The molecule has 1 aromatic carbocycles. The largest absolute Gasteiger partial charge is 0.354 e. The molecule has 0 bridgehead atoms. The fourth-order valence-electron chi connectivity index (χ4n) is 2.56. The maximum Gasteiger partial charge on any atom is 0.263 e. The van der Waals surface area contributed by atoms with Crippen LogP contribution in [0.1, 0.15) is 15.9 Å². The molecule has 0 atom stereocenters. The zero-order valence-electron chi connectivity index (χ0n) is 12.0. The van der Waals surface area contributed by atoms with Gasteiger partial charge in [0.1, 0.15) is 0 Å². The van der Waals surface area contributed by atoms with Gasteiger partial charge < -0.3 is 4.98 Å². The molecule has 0 fully saturated rings. The van der Waals surface area contributed by atoms with Gasteiger partial charge in [-0.2, -0.15) is 0 Å². The van der Waals surface area contributed by atoms with Gasteiger partial charge in [-0.1, -0.05) is 43.1 Å². The number of amides is 1. The summed E-state index contributed by atoms with van der Waals surface area (Å²) in [6.07, 6.45) is 3.46. The van der Waals surface area contributed by atoms with Gasteiger partial charge in [0.25, 0.3) is 5.91 Å². The molecule has 3 aromatic rings. The predicted molar refractivity (Wildman–Crippen MR) is 90.6 cm³/mol. The average molecular weight is 309 g/mol. The van der Waals surface area contributed by atoms with Crippen molar-refractivity contribution in [2.45, 2.75) is 6.92 Å². The number of nitrogens with one attached hydrogen (secondary N) is 2. The lowest BCUT2D eigenvalue weighted by atomic mass is 10.0. The standard InChI is InChI=1S/C17H15N3OS/c1-11-14(17(21)20-22)16(12-5-3-2-4-6-12)19-15(11)13-7-9-18-10-8-13/h2-10,19,22H,1H3,(H,20,21). The number of thiol groups is 1. The van der Waals surface area contributed by atoms with Crippen molar-refractivity contribution in [2.24, 2.45) is 0 Å². The molecule has 110 valence electrons. The fourth-order valence-corrected chi connectivity index (χ4v) is 2.67. The van der Waals surface area contributed by atoms with Gasteiger partial charge in [0.05, 0.1) is 11.3 Å². The molecule has 5 heteroatoms. The highest BCUT2D eigenvalue weighted by molar-refractivity contribution is 7.78. The molecule has 3 rings (SSSR count). The molecular weight excluding hydrogens is 294 g/mol. The van der Waals surface area contributed by atoms with E-state index in [1.807, 2.05) is 49.4 Å². The van der Waals surface area contributed by atoms with Crippen LogP contribution in [0.3, 0.4) is 0 Å². The predicted octanol–water partition coefficient (Wildman–Crippen LogP) is 3.63. The van der Waals surface area contributed by atoms with E-state index in [0.29, 0.717) is 5.56 Å². The van der Waals surface area contributed by atoms with Crippen LogP contribution in [0.15, 0.2) is 54.9 Å². The van der Waals surface area contributed by atoms with Crippen LogP contribution >= 0.6 is 12.8 Å². The van der Waals surface area contributed by atoms with E-state index in [9.17, 15) is 4.79 Å². The van der Waals surface area contributed by atoms with Gasteiger partial charge in [0.15, 0.2) is 0 Å².